The fraction of sp³-hybridized carbons (Fsp3) is 0.467. The van der Waals surface area contributed by atoms with Gasteiger partial charge in [0.25, 0.3) is 0 Å². The molecule has 0 aliphatic rings. The average Bonchev–Trinajstić information content (AvgIpc) is 3.07. The van der Waals surface area contributed by atoms with Crippen LogP contribution in [0.1, 0.15) is 23.2 Å². The number of rotatable bonds is 6. The minimum Gasteiger partial charge on any atom is -0.338 e. The van der Waals surface area contributed by atoms with E-state index in [1.54, 1.807) is 27.6 Å². The molecule has 0 aromatic carbocycles. The Bertz CT molecular complexity index is 591. The van der Waals surface area contributed by atoms with E-state index in [-0.39, 0.29) is 6.03 Å². The largest absolute Gasteiger partial charge is 0.338 e. The van der Waals surface area contributed by atoms with Crippen LogP contribution in [0.2, 0.25) is 0 Å². The predicted molar refractivity (Wildman–Crippen MR) is 90.2 cm³/mol. The van der Waals surface area contributed by atoms with Crippen molar-refractivity contribution in [3.05, 3.63) is 27.4 Å². The fourth-order valence-electron chi connectivity index (χ4n) is 1.99. The number of amides is 2. The maximum Gasteiger partial charge on any atom is 0.317 e. The summed E-state index contributed by atoms with van der Waals surface area (Å²) in [5.41, 5.74) is 1.06. The zero-order chi connectivity index (χ0) is 15.2. The van der Waals surface area contributed by atoms with E-state index in [2.05, 4.69) is 34.7 Å². The standard InChI is InChI=1S/C15H21N3OS2/c1-4-9-18(3)15(19)16-8-7-12-5-6-14(21-12)13-10-20-11(2)17-13/h5-6,10H,4,7-9H2,1-3H3,(H,16,19). The van der Waals surface area contributed by atoms with Crippen molar-refractivity contribution in [3.63, 3.8) is 0 Å². The molecular weight excluding hydrogens is 302 g/mol. The molecule has 2 aromatic rings. The van der Waals surface area contributed by atoms with E-state index >= 15 is 0 Å². The van der Waals surface area contributed by atoms with E-state index in [1.165, 1.54) is 9.75 Å². The molecule has 114 valence electrons. The van der Waals surface area contributed by atoms with Crippen LogP contribution in [0.15, 0.2) is 17.5 Å². The van der Waals surface area contributed by atoms with Crippen LogP contribution >= 0.6 is 22.7 Å². The van der Waals surface area contributed by atoms with Crippen LogP contribution in [0, 0.1) is 6.92 Å². The number of nitrogens with one attached hydrogen (secondary N) is 1. The molecule has 2 aromatic heterocycles. The molecule has 0 aliphatic carbocycles. The zero-order valence-electron chi connectivity index (χ0n) is 12.7. The number of urea groups is 1. The monoisotopic (exact) mass is 323 g/mol. The third kappa shape index (κ3) is 4.54. The predicted octanol–water partition coefficient (Wildman–Crippen LogP) is 3.77. The molecule has 2 heterocycles. The van der Waals surface area contributed by atoms with Gasteiger partial charge < -0.3 is 10.2 Å². The lowest BCUT2D eigenvalue weighted by Crippen LogP contribution is -2.38. The molecular formula is C15H21N3OS2. The third-order valence-corrected chi connectivity index (χ3v) is 5.03. The Labute approximate surface area is 133 Å². The number of carbonyl (C=O) groups is 1. The summed E-state index contributed by atoms with van der Waals surface area (Å²) >= 11 is 3.42. The van der Waals surface area contributed by atoms with Gasteiger partial charge in [-0.3, -0.25) is 0 Å². The molecule has 21 heavy (non-hydrogen) atoms. The molecule has 2 amide bonds. The minimum absolute atomic E-state index is 0.00348. The van der Waals surface area contributed by atoms with Gasteiger partial charge in [0.15, 0.2) is 0 Å². The summed E-state index contributed by atoms with van der Waals surface area (Å²) in [6.45, 7) is 5.54. The second kappa shape index (κ2) is 7.56. The molecule has 2 rings (SSSR count). The molecule has 4 nitrogen and oxygen atoms in total. The highest BCUT2D eigenvalue weighted by molar-refractivity contribution is 7.16. The van der Waals surface area contributed by atoms with Gasteiger partial charge in [0.2, 0.25) is 0 Å². The van der Waals surface area contributed by atoms with Gasteiger partial charge in [-0.1, -0.05) is 6.92 Å². The Kier molecular flexibility index (Phi) is 5.76. The average molecular weight is 323 g/mol. The van der Waals surface area contributed by atoms with Crippen LogP contribution in [-0.4, -0.2) is 36.1 Å². The Morgan fingerprint density at radius 3 is 2.90 bits per heavy atom. The molecule has 0 saturated heterocycles. The van der Waals surface area contributed by atoms with Gasteiger partial charge in [-0.2, -0.15) is 0 Å². The maximum absolute atomic E-state index is 11.8. The molecule has 0 unspecified atom stereocenters. The van der Waals surface area contributed by atoms with Gasteiger partial charge in [0, 0.05) is 30.4 Å². The summed E-state index contributed by atoms with van der Waals surface area (Å²) in [5.74, 6) is 0. The quantitative estimate of drug-likeness (QED) is 0.879. The first-order valence-electron chi connectivity index (χ1n) is 7.10. The van der Waals surface area contributed by atoms with Crippen LogP contribution in [0.4, 0.5) is 4.79 Å². The Hall–Kier alpha value is -1.40. The topological polar surface area (TPSA) is 45.2 Å². The van der Waals surface area contributed by atoms with Crippen molar-refractivity contribution in [3.8, 4) is 10.6 Å². The molecule has 6 heteroatoms. The van der Waals surface area contributed by atoms with Crippen molar-refractivity contribution >= 4 is 28.7 Å². The van der Waals surface area contributed by atoms with Gasteiger partial charge in [-0.25, -0.2) is 9.78 Å². The number of thiazole rings is 1. The number of nitrogens with zero attached hydrogens (tertiary/aromatic N) is 2. The van der Waals surface area contributed by atoms with E-state index in [0.717, 1.165) is 30.1 Å². The first kappa shape index (κ1) is 16.0. The third-order valence-electron chi connectivity index (χ3n) is 3.09. The molecule has 0 spiro atoms. The van der Waals surface area contributed by atoms with Gasteiger partial charge in [0.05, 0.1) is 15.6 Å². The van der Waals surface area contributed by atoms with Crippen molar-refractivity contribution < 1.29 is 4.79 Å². The first-order valence-corrected chi connectivity index (χ1v) is 8.80. The van der Waals surface area contributed by atoms with E-state index in [1.807, 2.05) is 14.0 Å². The van der Waals surface area contributed by atoms with E-state index < -0.39 is 0 Å². The second-order valence-corrected chi connectivity index (χ2v) is 7.15. The number of carbonyl (C=O) groups excluding carboxylic acids is 1. The molecule has 0 aliphatic heterocycles. The smallest absolute Gasteiger partial charge is 0.317 e. The van der Waals surface area contributed by atoms with E-state index in [0.29, 0.717) is 6.54 Å². The molecule has 0 fully saturated rings. The van der Waals surface area contributed by atoms with Crippen LogP contribution in [0.3, 0.4) is 0 Å². The second-order valence-electron chi connectivity index (χ2n) is 4.92. The Balaban J connectivity index is 1.82. The summed E-state index contributed by atoms with van der Waals surface area (Å²) in [5, 5.41) is 6.13. The minimum atomic E-state index is 0.00348. The summed E-state index contributed by atoms with van der Waals surface area (Å²) in [4.78, 5) is 20.5. The van der Waals surface area contributed by atoms with E-state index in [9.17, 15) is 4.79 Å². The summed E-state index contributed by atoms with van der Waals surface area (Å²) in [6, 6.07) is 4.24. The lowest BCUT2D eigenvalue weighted by atomic mass is 10.3. The highest BCUT2D eigenvalue weighted by Gasteiger charge is 2.08. The maximum atomic E-state index is 11.8. The van der Waals surface area contributed by atoms with Gasteiger partial charge in [-0.05, 0) is 31.9 Å². The van der Waals surface area contributed by atoms with Crippen LogP contribution in [-0.2, 0) is 6.42 Å². The normalized spacial score (nSPS) is 10.6. The van der Waals surface area contributed by atoms with Gasteiger partial charge in [-0.15, -0.1) is 22.7 Å². The van der Waals surface area contributed by atoms with Crippen molar-refractivity contribution in [1.82, 2.24) is 15.2 Å². The summed E-state index contributed by atoms with van der Waals surface area (Å²) in [6.07, 6.45) is 1.84. The molecule has 0 bridgehead atoms. The number of hydrogen-bond acceptors (Lipinski definition) is 4. The van der Waals surface area contributed by atoms with E-state index in [4.69, 9.17) is 0 Å². The lowest BCUT2D eigenvalue weighted by molar-refractivity contribution is 0.209. The molecule has 0 atom stereocenters. The van der Waals surface area contributed by atoms with Crippen molar-refractivity contribution in [2.24, 2.45) is 0 Å². The van der Waals surface area contributed by atoms with Crippen molar-refractivity contribution in [1.29, 1.82) is 0 Å². The fourth-order valence-corrected chi connectivity index (χ4v) is 3.65. The molecule has 0 saturated carbocycles. The van der Waals surface area contributed by atoms with Gasteiger partial charge >= 0.3 is 6.03 Å². The Morgan fingerprint density at radius 2 is 2.24 bits per heavy atom. The highest BCUT2D eigenvalue weighted by atomic mass is 32.1. The number of thiophene rings is 1. The zero-order valence-corrected chi connectivity index (χ0v) is 14.3. The van der Waals surface area contributed by atoms with Crippen LogP contribution < -0.4 is 5.32 Å². The van der Waals surface area contributed by atoms with Crippen LogP contribution in [0.25, 0.3) is 10.6 Å². The lowest BCUT2D eigenvalue weighted by Gasteiger charge is -2.16. The number of hydrogen-bond donors (Lipinski definition) is 1. The first-order chi connectivity index (χ1) is 10.1. The molecule has 1 N–H and O–H groups in total. The SMILES string of the molecule is CCCN(C)C(=O)NCCc1ccc(-c2csc(C)n2)s1. The summed E-state index contributed by atoms with van der Waals surface area (Å²) < 4.78 is 0. The summed E-state index contributed by atoms with van der Waals surface area (Å²) in [7, 11) is 1.83. The van der Waals surface area contributed by atoms with Crippen molar-refractivity contribution in [2.45, 2.75) is 26.7 Å². The van der Waals surface area contributed by atoms with Crippen LogP contribution in [0.5, 0.6) is 0 Å². The molecule has 0 radical (unpaired) electrons. The highest BCUT2D eigenvalue weighted by Crippen LogP contribution is 2.29. The number of aromatic nitrogens is 1. The van der Waals surface area contributed by atoms with Crippen molar-refractivity contribution in [2.75, 3.05) is 20.1 Å². The number of aryl methyl sites for hydroxylation is 1. The Morgan fingerprint density at radius 1 is 1.43 bits per heavy atom. The van der Waals surface area contributed by atoms with Gasteiger partial charge in [0.1, 0.15) is 0 Å².